The molecule has 0 aromatic heterocycles. The van der Waals surface area contributed by atoms with E-state index in [1.165, 1.54) is 5.56 Å². The summed E-state index contributed by atoms with van der Waals surface area (Å²) in [6, 6.07) is 17.0. The van der Waals surface area contributed by atoms with E-state index in [9.17, 15) is 0 Å². The number of rotatable bonds is 4. The summed E-state index contributed by atoms with van der Waals surface area (Å²) in [4.78, 5) is 0.422. The molecule has 0 radical (unpaired) electrons. The second-order valence-corrected chi connectivity index (χ2v) is 6.41. The highest BCUT2D eigenvalue weighted by Crippen LogP contribution is 2.43. The lowest BCUT2D eigenvalue weighted by molar-refractivity contribution is 1.04. The fourth-order valence-corrected chi connectivity index (χ4v) is 3.00. The van der Waals surface area contributed by atoms with Gasteiger partial charge in [-0.15, -0.1) is 0 Å². The minimum atomic E-state index is 0.422. The Labute approximate surface area is 132 Å². The largest absolute Gasteiger partial charge is 0.389 e. The Kier molecular flexibility index (Phi) is 3.76. The lowest BCUT2D eigenvalue weighted by Crippen LogP contribution is -2.14. The van der Waals surface area contributed by atoms with E-state index in [-0.39, 0.29) is 0 Å². The second-order valence-electron chi connectivity index (χ2n) is 5.06. The Morgan fingerprint density at radius 1 is 1.20 bits per heavy atom. The minimum absolute atomic E-state index is 0.422. The Bertz CT molecular complexity index is 642. The lowest BCUT2D eigenvalue weighted by Gasteiger charge is -2.11. The molecule has 0 amide bonds. The van der Waals surface area contributed by atoms with Gasteiger partial charge in [0.1, 0.15) is 4.99 Å². The van der Waals surface area contributed by atoms with E-state index >= 15 is 0 Å². The molecule has 2 atom stereocenters. The average Bonchev–Trinajstić information content (AvgIpc) is 3.21. The summed E-state index contributed by atoms with van der Waals surface area (Å²) in [6.45, 7) is 0. The van der Waals surface area contributed by atoms with Crippen LogP contribution >= 0.6 is 28.1 Å². The molecule has 0 saturated heterocycles. The quantitative estimate of drug-likeness (QED) is 0.820. The van der Waals surface area contributed by atoms with Crippen LogP contribution in [0.15, 0.2) is 53.0 Å². The van der Waals surface area contributed by atoms with Crippen LogP contribution in [0.2, 0.25) is 0 Å². The van der Waals surface area contributed by atoms with Crippen LogP contribution in [0.5, 0.6) is 0 Å². The van der Waals surface area contributed by atoms with Crippen LogP contribution in [0.4, 0.5) is 5.69 Å². The monoisotopic (exact) mass is 346 g/mol. The highest BCUT2D eigenvalue weighted by Gasteiger charge is 2.38. The standard InChI is InChI=1S/C16H15BrN2S/c17-11-6-7-14(13(8-11)16(18)20)19-15-9-12(15)10-4-2-1-3-5-10/h1-8,12,15,19H,9H2,(H2,18,20). The third-order valence-corrected chi connectivity index (χ3v) is 4.32. The Morgan fingerprint density at radius 3 is 2.65 bits per heavy atom. The summed E-state index contributed by atoms with van der Waals surface area (Å²) < 4.78 is 0.987. The van der Waals surface area contributed by atoms with E-state index in [0.717, 1.165) is 22.1 Å². The van der Waals surface area contributed by atoms with Crippen molar-refractivity contribution in [3.8, 4) is 0 Å². The number of thiocarbonyl (C=S) groups is 1. The summed E-state index contributed by atoms with van der Waals surface area (Å²) in [5.41, 5.74) is 9.10. The third kappa shape index (κ3) is 2.86. The molecule has 2 aromatic carbocycles. The van der Waals surface area contributed by atoms with E-state index in [1.807, 2.05) is 24.3 Å². The average molecular weight is 347 g/mol. The summed E-state index contributed by atoms with van der Waals surface area (Å²) in [5.74, 6) is 0.582. The van der Waals surface area contributed by atoms with Gasteiger partial charge in [0.05, 0.1) is 0 Å². The van der Waals surface area contributed by atoms with Gasteiger partial charge in [0.15, 0.2) is 0 Å². The summed E-state index contributed by atoms with van der Waals surface area (Å²) >= 11 is 8.57. The maximum absolute atomic E-state index is 5.80. The number of anilines is 1. The van der Waals surface area contributed by atoms with Crippen molar-refractivity contribution >= 4 is 38.8 Å². The van der Waals surface area contributed by atoms with Crippen molar-refractivity contribution in [1.82, 2.24) is 0 Å². The van der Waals surface area contributed by atoms with Crippen LogP contribution in [0.3, 0.4) is 0 Å². The van der Waals surface area contributed by atoms with Crippen LogP contribution < -0.4 is 11.1 Å². The van der Waals surface area contributed by atoms with E-state index < -0.39 is 0 Å². The zero-order valence-electron chi connectivity index (χ0n) is 10.8. The first-order valence-electron chi connectivity index (χ1n) is 6.56. The van der Waals surface area contributed by atoms with Gasteiger partial charge in [0.25, 0.3) is 0 Å². The molecule has 3 rings (SSSR count). The van der Waals surface area contributed by atoms with Crippen LogP contribution in [-0.2, 0) is 0 Å². The lowest BCUT2D eigenvalue weighted by atomic mass is 10.1. The molecule has 0 aliphatic heterocycles. The van der Waals surface area contributed by atoms with Crippen molar-refractivity contribution in [3.63, 3.8) is 0 Å². The number of hydrogen-bond donors (Lipinski definition) is 2. The van der Waals surface area contributed by atoms with Gasteiger partial charge in [-0.05, 0) is 30.2 Å². The highest BCUT2D eigenvalue weighted by molar-refractivity contribution is 9.10. The van der Waals surface area contributed by atoms with Crippen LogP contribution in [0.25, 0.3) is 0 Å². The molecule has 0 bridgehead atoms. The van der Waals surface area contributed by atoms with Crippen molar-refractivity contribution in [1.29, 1.82) is 0 Å². The zero-order chi connectivity index (χ0) is 14.1. The molecular weight excluding hydrogens is 332 g/mol. The molecule has 2 nitrogen and oxygen atoms in total. The predicted octanol–water partition coefficient (Wildman–Crippen LogP) is 4.05. The molecule has 20 heavy (non-hydrogen) atoms. The van der Waals surface area contributed by atoms with Gasteiger partial charge in [-0.3, -0.25) is 0 Å². The van der Waals surface area contributed by atoms with Gasteiger partial charge in [0, 0.05) is 27.7 Å². The molecule has 4 heteroatoms. The maximum Gasteiger partial charge on any atom is 0.106 e. The molecular formula is C16H15BrN2S. The van der Waals surface area contributed by atoms with Gasteiger partial charge in [-0.1, -0.05) is 58.5 Å². The fourth-order valence-electron chi connectivity index (χ4n) is 2.47. The molecule has 1 fully saturated rings. The van der Waals surface area contributed by atoms with E-state index in [2.05, 4.69) is 45.5 Å². The number of nitrogens with two attached hydrogens (primary N) is 1. The van der Waals surface area contributed by atoms with Crippen molar-refractivity contribution < 1.29 is 0 Å². The Hall–Kier alpha value is -1.39. The summed E-state index contributed by atoms with van der Waals surface area (Å²) in [5, 5.41) is 3.55. The third-order valence-electron chi connectivity index (χ3n) is 3.61. The fraction of sp³-hybridized carbons (Fsp3) is 0.188. The molecule has 1 aliphatic rings. The molecule has 1 saturated carbocycles. The molecule has 2 unspecified atom stereocenters. The van der Waals surface area contributed by atoms with E-state index in [0.29, 0.717) is 16.9 Å². The summed E-state index contributed by atoms with van der Waals surface area (Å²) in [7, 11) is 0. The van der Waals surface area contributed by atoms with Crippen LogP contribution in [0.1, 0.15) is 23.5 Å². The number of nitrogens with one attached hydrogen (secondary N) is 1. The van der Waals surface area contributed by atoms with Crippen LogP contribution in [-0.4, -0.2) is 11.0 Å². The van der Waals surface area contributed by atoms with E-state index in [4.69, 9.17) is 18.0 Å². The first-order chi connectivity index (χ1) is 9.65. The molecule has 0 spiro atoms. The van der Waals surface area contributed by atoms with Gasteiger partial charge >= 0.3 is 0 Å². The van der Waals surface area contributed by atoms with Crippen molar-refractivity contribution in [2.75, 3.05) is 5.32 Å². The molecule has 102 valence electrons. The Morgan fingerprint density at radius 2 is 1.95 bits per heavy atom. The van der Waals surface area contributed by atoms with Crippen molar-refractivity contribution in [2.45, 2.75) is 18.4 Å². The van der Waals surface area contributed by atoms with Gasteiger partial charge in [-0.2, -0.15) is 0 Å². The number of halogens is 1. The highest BCUT2D eigenvalue weighted by atomic mass is 79.9. The molecule has 3 N–H and O–H groups in total. The molecule has 0 heterocycles. The van der Waals surface area contributed by atoms with Gasteiger partial charge < -0.3 is 11.1 Å². The van der Waals surface area contributed by atoms with E-state index in [1.54, 1.807) is 0 Å². The zero-order valence-corrected chi connectivity index (χ0v) is 13.2. The normalized spacial score (nSPS) is 20.4. The minimum Gasteiger partial charge on any atom is -0.389 e. The Balaban J connectivity index is 1.76. The smallest absolute Gasteiger partial charge is 0.106 e. The van der Waals surface area contributed by atoms with Crippen LogP contribution in [0, 0.1) is 0 Å². The SMILES string of the molecule is NC(=S)c1cc(Br)ccc1NC1CC1c1ccccc1. The topological polar surface area (TPSA) is 38.0 Å². The van der Waals surface area contributed by atoms with Crippen molar-refractivity contribution in [2.24, 2.45) is 5.73 Å². The first-order valence-corrected chi connectivity index (χ1v) is 7.76. The molecule has 1 aliphatic carbocycles. The molecule has 2 aromatic rings. The maximum atomic E-state index is 5.80. The second kappa shape index (κ2) is 5.54. The number of hydrogen-bond acceptors (Lipinski definition) is 2. The van der Waals surface area contributed by atoms with Crippen molar-refractivity contribution in [3.05, 3.63) is 64.1 Å². The predicted molar refractivity (Wildman–Crippen MR) is 91.2 cm³/mol. The van der Waals surface area contributed by atoms with Gasteiger partial charge in [-0.25, -0.2) is 0 Å². The first kappa shape index (κ1) is 13.6. The van der Waals surface area contributed by atoms with Gasteiger partial charge in [0.2, 0.25) is 0 Å². The summed E-state index contributed by atoms with van der Waals surface area (Å²) in [6.07, 6.45) is 1.15. The number of benzene rings is 2.